The summed E-state index contributed by atoms with van der Waals surface area (Å²) in [5, 5.41) is 3.86. The van der Waals surface area contributed by atoms with Gasteiger partial charge in [0, 0.05) is 22.0 Å². The molecule has 5 rings (SSSR count). The third kappa shape index (κ3) is 5.44. The number of benzene rings is 2. The number of aromatic nitrogens is 1. The largest absolute Gasteiger partial charge is 0.337 e. The van der Waals surface area contributed by atoms with Gasteiger partial charge in [-0.1, -0.05) is 90.3 Å². The molecule has 1 aliphatic carbocycles. The van der Waals surface area contributed by atoms with E-state index in [0.29, 0.717) is 27.8 Å². The van der Waals surface area contributed by atoms with Crippen LogP contribution in [0.2, 0.25) is 0 Å². The number of nitrogens with zero attached hydrogens (tertiary/aromatic N) is 3. The summed E-state index contributed by atoms with van der Waals surface area (Å²) in [7, 11) is -3.95. The molecule has 212 valence electrons. The number of amides is 1. The predicted octanol–water partition coefficient (Wildman–Crippen LogP) is 6.94. The van der Waals surface area contributed by atoms with Crippen molar-refractivity contribution in [2.24, 2.45) is 4.99 Å². The Hall–Kier alpha value is -2.73. The number of anilines is 1. The topological polar surface area (TPSA) is 105 Å². The molecule has 3 aromatic rings. The number of halogens is 1. The molecule has 1 N–H and O–H groups in total. The highest BCUT2D eigenvalue weighted by Gasteiger charge is 2.49. The van der Waals surface area contributed by atoms with Crippen LogP contribution in [0.15, 0.2) is 56.9 Å². The first kappa shape index (κ1) is 28.8. The quantitative estimate of drug-likeness (QED) is 0.185. The van der Waals surface area contributed by atoms with Gasteiger partial charge in [-0.2, -0.15) is 0 Å². The maximum absolute atomic E-state index is 13.6. The Balaban J connectivity index is 1.45. The summed E-state index contributed by atoms with van der Waals surface area (Å²) in [5.74, 6) is 1.17. The highest BCUT2D eigenvalue weighted by atomic mass is 127. The van der Waals surface area contributed by atoms with Gasteiger partial charge in [0.05, 0.1) is 17.1 Å². The molecule has 40 heavy (non-hydrogen) atoms. The molecule has 0 radical (unpaired) electrons. The second kappa shape index (κ2) is 11.6. The molecule has 8 nitrogen and oxygen atoms in total. The number of aliphatic imine (C=N–C) groups is 1. The minimum Gasteiger partial charge on any atom is -0.337 e. The normalized spacial score (nSPS) is 16.6. The van der Waals surface area contributed by atoms with Gasteiger partial charge in [-0.05, 0) is 55.9 Å². The van der Waals surface area contributed by atoms with Crippen molar-refractivity contribution in [2.75, 3.05) is 4.72 Å². The van der Waals surface area contributed by atoms with Crippen molar-refractivity contribution in [3.8, 4) is 11.1 Å². The SMILES string of the molecule is CCCCC1=NC2(CCCC2)C(=O)N1Cc1ccc(-c2ccccc2S(=O)(=O)Nc2onc(C)c2C)c(CI)c1. The van der Waals surface area contributed by atoms with Crippen LogP contribution in [0.25, 0.3) is 11.1 Å². The Morgan fingerprint density at radius 1 is 1.10 bits per heavy atom. The number of amidine groups is 1. The lowest BCUT2D eigenvalue weighted by molar-refractivity contribution is -0.131. The molecule has 1 spiro atoms. The predicted molar refractivity (Wildman–Crippen MR) is 165 cm³/mol. The second-order valence-corrected chi connectivity index (χ2v) is 13.1. The molecule has 1 aromatic heterocycles. The number of carbonyl (C=O) groups is 1. The van der Waals surface area contributed by atoms with Crippen molar-refractivity contribution < 1.29 is 17.7 Å². The van der Waals surface area contributed by atoms with Crippen LogP contribution < -0.4 is 4.72 Å². The number of hydrogen-bond donors (Lipinski definition) is 1. The number of nitrogens with one attached hydrogen (secondary N) is 1. The molecular weight excluding hydrogens is 639 g/mol. The molecule has 10 heteroatoms. The second-order valence-electron chi connectivity index (χ2n) is 10.7. The zero-order valence-electron chi connectivity index (χ0n) is 23.2. The summed E-state index contributed by atoms with van der Waals surface area (Å²) < 4.78 is 35.4. The van der Waals surface area contributed by atoms with E-state index >= 15 is 0 Å². The van der Waals surface area contributed by atoms with E-state index in [2.05, 4.69) is 45.5 Å². The average molecular weight is 675 g/mol. The van der Waals surface area contributed by atoms with Gasteiger partial charge in [0.1, 0.15) is 11.4 Å². The highest BCUT2D eigenvalue weighted by Crippen LogP contribution is 2.40. The average Bonchev–Trinajstić information content (AvgIpc) is 3.63. The smallest absolute Gasteiger partial charge is 0.264 e. The van der Waals surface area contributed by atoms with Gasteiger partial charge < -0.3 is 4.52 Å². The van der Waals surface area contributed by atoms with Crippen molar-refractivity contribution in [3.63, 3.8) is 0 Å². The van der Waals surface area contributed by atoms with Gasteiger partial charge in [-0.15, -0.1) is 0 Å². The number of unbranched alkanes of at least 4 members (excludes halogenated alkanes) is 1. The molecule has 1 saturated carbocycles. The summed E-state index contributed by atoms with van der Waals surface area (Å²) in [6.07, 6.45) is 6.63. The number of hydrogen-bond acceptors (Lipinski definition) is 6. The van der Waals surface area contributed by atoms with Crippen LogP contribution in [0.1, 0.15) is 74.3 Å². The van der Waals surface area contributed by atoms with Crippen molar-refractivity contribution in [1.82, 2.24) is 10.1 Å². The van der Waals surface area contributed by atoms with E-state index < -0.39 is 15.6 Å². The molecule has 0 bridgehead atoms. The highest BCUT2D eigenvalue weighted by molar-refractivity contribution is 14.1. The Kier molecular flexibility index (Phi) is 8.37. The Morgan fingerprint density at radius 3 is 2.52 bits per heavy atom. The molecule has 0 unspecified atom stereocenters. The lowest BCUT2D eigenvalue weighted by Gasteiger charge is -2.23. The van der Waals surface area contributed by atoms with Gasteiger partial charge in [-0.3, -0.25) is 14.7 Å². The summed E-state index contributed by atoms with van der Waals surface area (Å²) in [5.41, 5.74) is 4.17. The van der Waals surface area contributed by atoms with Gasteiger partial charge in [0.25, 0.3) is 15.9 Å². The summed E-state index contributed by atoms with van der Waals surface area (Å²) in [4.78, 5) is 20.7. The third-order valence-electron chi connectivity index (χ3n) is 7.99. The van der Waals surface area contributed by atoms with E-state index in [4.69, 9.17) is 9.52 Å². The monoisotopic (exact) mass is 674 g/mol. The molecule has 2 heterocycles. The van der Waals surface area contributed by atoms with Gasteiger partial charge >= 0.3 is 0 Å². The van der Waals surface area contributed by atoms with Crippen LogP contribution in [0.3, 0.4) is 0 Å². The first-order valence-electron chi connectivity index (χ1n) is 13.8. The van der Waals surface area contributed by atoms with Crippen LogP contribution >= 0.6 is 22.6 Å². The first-order valence-corrected chi connectivity index (χ1v) is 16.8. The van der Waals surface area contributed by atoms with E-state index in [0.717, 1.165) is 67.5 Å². The lowest BCUT2D eigenvalue weighted by Crippen LogP contribution is -2.40. The Labute approximate surface area is 249 Å². The van der Waals surface area contributed by atoms with E-state index in [-0.39, 0.29) is 16.7 Å². The van der Waals surface area contributed by atoms with Crippen LogP contribution in [-0.2, 0) is 25.8 Å². The summed E-state index contributed by atoms with van der Waals surface area (Å²) >= 11 is 2.30. The van der Waals surface area contributed by atoms with Crippen LogP contribution in [-0.4, -0.2) is 35.8 Å². The molecule has 1 fully saturated rings. The zero-order valence-corrected chi connectivity index (χ0v) is 26.1. The minimum atomic E-state index is -3.95. The lowest BCUT2D eigenvalue weighted by atomic mass is 9.97. The maximum Gasteiger partial charge on any atom is 0.264 e. The van der Waals surface area contributed by atoms with Crippen LogP contribution in [0.5, 0.6) is 0 Å². The fourth-order valence-corrected chi connectivity index (χ4v) is 7.51. The molecule has 1 amide bonds. The maximum atomic E-state index is 13.6. The molecule has 1 aliphatic heterocycles. The van der Waals surface area contributed by atoms with E-state index in [1.54, 1.807) is 26.0 Å². The number of sulfonamides is 1. The third-order valence-corrected chi connectivity index (χ3v) is 10.2. The van der Waals surface area contributed by atoms with Crippen molar-refractivity contribution in [3.05, 3.63) is 64.8 Å². The van der Waals surface area contributed by atoms with Crippen molar-refractivity contribution in [2.45, 2.75) is 87.1 Å². The standard InChI is InChI=1S/C30H35IN4O4S/c1-4-5-12-27-32-30(15-8-9-16-30)29(36)35(27)19-22-13-14-24(23(17-22)18-31)25-10-6-7-11-26(25)40(37,38)34-28-20(2)21(3)33-39-28/h6-7,10-11,13-14,17,34H,4-5,8-9,12,15-16,18-19H2,1-3H3. The fourth-order valence-electron chi connectivity index (χ4n) is 5.61. The van der Waals surface area contributed by atoms with Crippen molar-refractivity contribution >= 4 is 50.2 Å². The van der Waals surface area contributed by atoms with E-state index in [1.165, 1.54) is 0 Å². The first-order chi connectivity index (χ1) is 19.2. The van der Waals surface area contributed by atoms with Crippen LogP contribution in [0.4, 0.5) is 5.88 Å². The van der Waals surface area contributed by atoms with Gasteiger partial charge in [-0.25, -0.2) is 13.1 Å². The van der Waals surface area contributed by atoms with Crippen molar-refractivity contribution in [1.29, 1.82) is 0 Å². The van der Waals surface area contributed by atoms with E-state index in [1.807, 2.05) is 29.2 Å². The molecule has 2 aliphatic rings. The number of carbonyl (C=O) groups excluding carboxylic acids is 1. The Morgan fingerprint density at radius 2 is 1.85 bits per heavy atom. The number of alkyl halides is 1. The summed E-state index contributed by atoms with van der Waals surface area (Å²) in [6, 6.07) is 13.0. The summed E-state index contributed by atoms with van der Waals surface area (Å²) in [6.45, 7) is 6.15. The number of aryl methyl sites for hydroxylation is 1. The molecular formula is C30H35IN4O4S. The molecule has 0 saturated heterocycles. The molecule has 2 aromatic carbocycles. The Bertz CT molecular complexity index is 1560. The minimum absolute atomic E-state index is 0.118. The van der Waals surface area contributed by atoms with Gasteiger partial charge in [0.15, 0.2) is 0 Å². The zero-order chi connectivity index (χ0) is 28.5. The fraction of sp³-hybridized carbons (Fsp3) is 0.433. The molecule has 0 atom stereocenters. The van der Waals surface area contributed by atoms with E-state index in [9.17, 15) is 13.2 Å². The van der Waals surface area contributed by atoms with Crippen LogP contribution in [0, 0.1) is 13.8 Å². The van der Waals surface area contributed by atoms with Gasteiger partial charge in [0.2, 0.25) is 5.88 Å². The number of rotatable bonds is 10.